The molecule has 1 aromatic heterocycles. The Labute approximate surface area is 113 Å². The molecule has 0 spiro atoms. The number of ether oxygens (including phenoxy) is 1. The van der Waals surface area contributed by atoms with Crippen molar-refractivity contribution < 1.29 is 4.74 Å². The molecule has 4 heteroatoms. The molecule has 102 valence electrons. The molecule has 1 unspecified atom stereocenters. The van der Waals surface area contributed by atoms with Crippen molar-refractivity contribution in [1.82, 2.24) is 14.9 Å². The van der Waals surface area contributed by atoms with Crippen LogP contribution in [0.25, 0.3) is 11.0 Å². The second-order valence-electron chi connectivity index (χ2n) is 5.92. The minimum Gasteiger partial charge on any atom is -0.380 e. The molecule has 1 aliphatic rings. The molecule has 4 nitrogen and oxygen atoms in total. The molecule has 0 saturated carbocycles. The molecule has 1 fully saturated rings. The third-order valence-electron chi connectivity index (χ3n) is 3.95. The van der Waals surface area contributed by atoms with Gasteiger partial charge in [-0.05, 0) is 19.1 Å². The second kappa shape index (κ2) is 4.62. The second-order valence-corrected chi connectivity index (χ2v) is 5.92. The predicted octanol–water partition coefficient (Wildman–Crippen LogP) is 2.26. The topological polar surface area (TPSA) is 39.1 Å². The number of benzene rings is 1. The van der Waals surface area contributed by atoms with Crippen molar-refractivity contribution in [3.63, 3.8) is 0 Å². The molecule has 1 N–H and O–H groups in total. The molecule has 1 atom stereocenters. The first-order chi connectivity index (χ1) is 9.09. The van der Waals surface area contributed by atoms with Crippen molar-refractivity contribution in [3.8, 4) is 0 Å². The van der Waals surface area contributed by atoms with Gasteiger partial charge >= 0.3 is 0 Å². The summed E-state index contributed by atoms with van der Waals surface area (Å²) in [6.07, 6.45) is 0. The van der Waals surface area contributed by atoms with E-state index in [4.69, 9.17) is 9.72 Å². The summed E-state index contributed by atoms with van der Waals surface area (Å²) < 4.78 is 7.46. The maximum Gasteiger partial charge on any atom is 0.126 e. The smallest absolute Gasteiger partial charge is 0.126 e. The standard InChI is InChI=1S/C15H21N3O/c1-11(16-8-15(2)9-19-10-15)14-17-12-6-4-5-7-13(12)18(14)3/h4-7,11,16H,8-10H2,1-3H3. The van der Waals surface area contributed by atoms with Crippen LogP contribution in [0.5, 0.6) is 0 Å². The number of rotatable bonds is 4. The van der Waals surface area contributed by atoms with Crippen molar-refractivity contribution in [2.45, 2.75) is 19.9 Å². The van der Waals surface area contributed by atoms with Crippen LogP contribution in [0, 0.1) is 5.41 Å². The molecular weight excluding hydrogens is 238 g/mol. The van der Waals surface area contributed by atoms with Gasteiger partial charge in [-0.25, -0.2) is 4.98 Å². The molecule has 3 rings (SSSR count). The Hall–Kier alpha value is -1.39. The van der Waals surface area contributed by atoms with Gasteiger partial charge in [-0.3, -0.25) is 0 Å². The summed E-state index contributed by atoms with van der Waals surface area (Å²) in [5.41, 5.74) is 2.54. The summed E-state index contributed by atoms with van der Waals surface area (Å²) in [4.78, 5) is 4.73. The van der Waals surface area contributed by atoms with E-state index in [0.29, 0.717) is 5.41 Å². The average Bonchev–Trinajstić information content (AvgIpc) is 2.72. The van der Waals surface area contributed by atoms with E-state index in [1.54, 1.807) is 0 Å². The van der Waals surface area contributed by atoms with Crippen LogP contribution in [0.2, 0.25) is 0 Å². The van der Waals surface area contributed by atoms with Crippen molar-refractivity contribution in [2.24, 2.45) is 12.5 Å². The van der Waals surface area contributed by atoms with Crippen molar-refractivity contribution in [3.05, 3.63) is 30.1 Å². The highest BCUT2D eigenvalue weighted by molar-refractivity contribution is 5.75. The third-order valence-corrected chi connectivity index (χ3v) is 3.95. The van der Waals surface area contributed by atoms with Crippen LogP contribution in [0.3, 0.4) is 0 Å². The minimum atomic E-state index is 0.245. The quantitative estimate of drug-likeness (QED) is 0.915. The Balaban J connectivity index is 1.77. The highest BCUT2D eigenvalue weighted by atomic mass is 16.5. The van der Waals surface area contributed by atoms with Gasteiger partial charge < -0.3 is 14.6 Å². The molecule has 0 amide bonds. The van der Waals surface area contributed by atoms with Crippen LogP contribution in [-0.2, 0) is 11.8 Å². The number of imidazole rings is 1. The van der Waals surface area contributed by atoms with Crippen LogP contribution in [0.15, 0.2) is 24.3 Å². The van der Waals surface area contributed by atoms with E-state index in [1.807, 2.05) is 6.07 Å². The number of nitrogens with zero attached hydrogens (tertiary/aromatic N) is 2. The van der Waals surface area contributed by atoms with E-state index >= 15 is 0 Å². The largest absolute Gasteiger partial charge is 0.380 e. The lowest BCUT2D eigenvalue weighted by Crippen LogP contribution is -2.47. The zero-order valence-electron chi connectivity index (χ0n) is 11.8. The summed E-state index contributed by atoms with van der Waals surface area (Å²) in [7, 11) is 2.08. The van der Waals surface area contributed by atoms with Crippen LogP contribution >= 0.6 is 0 Å². The van der Waals surface area contributed by atoms with Crippen LogP contribution in [0.1, 0.15) is 25.7 Å². The highest BCUT2D eigenvalue weighted by Gasteiger charge is 2.33. The van der Waals surface area contributed by atoms with Crippen molar-refractivity contribution in [2.75, 3.05) is 19.8 Å². The monoisotopic (exact) mass is 259 g/mol. The van der Waals surface area contributed by atoms with Gasteiger partial charge in [-0.2, -0.15) is 0 Å². The number of nitrogens with one attached hydrogen (secondary N) is 1. The molecular formula is C15H21N3O. The Morgan fingerprint density at radius 3 is 2.79 bits per heavy atom. The number of para-hydroxylation sites is 2. The summed E-state index contributed by atoms with van der Waals surface area (Å²) >= 11 is 0. The molecule has 0 radical (unpaired) electrons. The van der Waals surface area contributed by atoms with E-state index in [1.165, 1.54) is 5.52 Å². The lowest BCUT2D eigenvalue weighted by Gasteiger charge is -2.38. The van der Waals surface area contributed by atoms with Crippen molar-refractivity contribution >= 4 is 11.0 Å². The SMILES string of the molecule is CC(NCC1(C)COC1)c1nc2ccccc2n1C. The first-order valence-corrected chi connectivity index (χ1v) is 6.82. The van der Waals surface area contributed by atoms with Gasteiger partial charge in [-0.1, -0.05) is 19.1 Å². The Morgan fingerprint density at radius 1 is 1.42 bits per heavy atom. The van der Waals surface area contributed by atoms with E-state index in [-0.39, 0.29) is 6.04 Å². The van der Waals surface area contributed by atoms with E-state index in [9.17, 15) is 0 Å². The van der Waals surface area contributed by atoms with Gasteiger partial charge in [-0.15, -0.1) is 0 Å². The minimum absolute atomic E-state index is 0.245. The van der Waals surface area contributed by atoms with Crippen LogP contribution in [0.4, 0.5) is 0 Å². The molecule has 2 aromatic rings. The summed E-state index contributed by atoms with van der Waals surface area (Å²) in [5.74, 6) is 1.09. The lowest BCUT2D eigenvalue weighted by molar-refractivity contribution is -0.1000. The normalized spacial score (nSPS) is 19.3. The van der Waals surface area contributed by atoms with E-state index in [0.717, 1.165) is 31.1 Å². The van der Waals surface area contributed by atoms with E-state index in [2.05, 4.69) is 49.0 Å². The fourth-order valence-electron chi connectivity index (χ4n) is 2.59. The Bertz CT molecular complexity index is 586. The summed E-state index contributed by atoms with van der Waals surface area (Å²) in [6, 6.07) is 8.50. The van der Waals surface area contributed by atoms with Crippen molar-refractivity contribution in [1.29, 1.82) is 0 Å². The van der Waals surface area contributed by atoms with Gasteiger partial charge in [0.05, 0.1) is 30.3 Å². The molecule has 2 heterocycles. The predicted molar refractivity (Wildman–Crippen MR) is 76.1 cm³/mol. The zero-order valence-corrected chi connectivity index (χ0v) is 11.8. The zero-order chi connectivity index (χ0) is 13.5. The highest BCUT2D eigenvalue weighted by Crippen LogP contribution is 2.26. The number of fused-ring (bicyclic) bond motifs is 1. The van der Waals surface area contributed by atoms with Gasteiger partial charge in [0.25, 0.3) is 0 Å². The van der Waals surface area contributed by atoms with Gasteiger partial charge in [0.1, 0.15) is 5.82 Å². The third kappa shape index (κ3) is 2.26. The fourth-order valence-corrected chi connectivity index (χ4v) is 2.59. The molecule has 0 aliphatic carbocycles. The average molecular weight is 259 g/mol. The summed E-state index contributed by atoms with van der Waals surface area (Å²) in [5, 5.41) is 3.58. The molecule has 1 aliphatic heterocycles. The Morgan fingerprint density at radius 2 is 2.16 bits per heavy atom. The maximum atomic E-state index is 5.29. The van der Waals surface area contributed by atoms with Gasteiger partial charge in [0, 0.05) is 19.0 Å². The van der Waals surface area contributed by atoms with Gasteiger partial charge in [0.15, 0.2) is 0 Å². The Kier molecular flexibility index (Phi) is 3.07. The fraction of sp³-hybridized carbons (Fsp3) is 0.533. The van der Waals surface area contributed by atoms with Gasteiger partial charge in [0.2, 0.25) is 0 Å². The van der Waals surface area contributed by atoms with Crippen LogP contribution < -0.4 is 5.32 Å². The number of hydrogen-bond donors (Lipinski definition) is 1. The van der Waals surface area contributed by atoms with E-state index < -0.39 is 0 Å². The number of aryl methyl sites for hydroxylation is 1. The first kappa shape index (κ1) is 12.6. The first-order valence-electron chi connectivity index (χ1n) is 6.82. The maximum absolute atomic E-state index is 5.29. The molecule has 19 heavy (non-hydrogen) atoms. The lowest BCUT2D eigenvalue weighted by atomic mass is 9.88. The molecule has 1 saturated heterocycles. The number of hydrogen-bond acceptors (Lipinski definition) is 3. The van der Waals surface area contributed by atoms with Crippen LogP contribution in [-0.4, -0.2) is 29.3 Å². The number of aromatic nitrogens is 2. The molecule has 1 aromatic carbocycles. The summed E-state index contributed by atoms with van der Waals surface area (Å²) in [6.45, 7) is 7.11. The molecule has 0 bridgehead atoms.